The van der Waals surface area contributed by atoms with Crippen LogP contribution in [0, 0.1) is 5.82 Å². The highest BCUT2D eigenvalue weighted by Crippen LogP contribution is 2.49. The maximum Gasteiger partial charge on any atom is 0.136 e. The first kappa shape index (κ1) is 12.0. The number of hydrogen-bond donors (Lipinski definition) is 1. The second kappa shape index (κ2) is 4.35. The molecule has 1 atom stereocenters. The first-order valence-corrected chi connectivity index (χ1v) is 7.10. The molecule has 3 nitrogen and oxygen atoms in total. The molecule has 20 heavy (non-hydrogen) atoms. The van der Waals surface area contributed by atoms with Gasteiger partial charge in [0.1, 0.15) is 23.2 Å². The van der Waals surface area contributed by atoms with E-state index in [9.17, 15) is 4.39 Å². The van der Waals surface area contributed by atoms with Crippen LogP contribution in [0.4, 0.5) is 4.39 Å². The van der Waals surface area contributed by atoms with E-state index in [-0.39, 0.29) is 17.5 Å². The van der Waals surface area contributed by atoms with Gasteiger partial charge in [-0.1, -0.05) is 0 Å². The summed E-state index contributed by atoms with van der Waals surface area (Å²) in [7, 11) is 0. The summed E-state index contributed by atoms with van der Waals surface area (Å²) in [6.07, 6.45) is 5.95. The molecule has 1 aromatic carbocycles. The third-order valence-corrected chi connectivity index (χ3v) is 4.45. The second-order valence-electron chi connectivity index (χ2n) is 5.63. The van der Waals surface area contributed by atoms with E-state index in [0.717, 1.165) is 37.2 Å². The topological polar surface area (TPSA) is 26.2 Å². The minimum Gasteiger partial charge on any atom is -0.484 e. The molecule has 4 rings (SSSR count). The maximum absolute atomic E-state index is 13.7. The van der Waals surface area contributed by atoms with Crippen molar-refractivity contribution in [3.63, 3.8) is 0 Å². The van der Waals surface area contributed by atoms with Crippen LogP contribution in [0.5, 0.6) is 5.75 Å². The summed E-state index contributed by atoms with van der Waals surface area (Å²) in [5.74, 6) is 0.627. The Morgan fingerprint density at radius 2 is 1.95 bits per heavy atom. The molecule has 0 saturated carbocycles. The van der Waals surface area contributed by atoms with Gasteiger partial charge in [-0.05, 0) is 43.4 Å². The molecule has 0 amide bonds. The van der Waals surface area contributed by atoms with Crippen LogP contribution in [-0.2, 0) is 0 Å². The monoisotopic (exact) mass is 272 g/mol. The lowest BCUT2D eigenvalue weighted by Gasteiger charge is -2.38. The molecule has 0 radical (unpaired) electrons. The summed E-state index contributed by atoms with van der Waals surface area (Å²) in [5, 5.41) is 3.38. The van der Waals surface area contributed by atoms with Crippen molar-refractivity contribution < 1.29 is 9.13 Å². The number of hydrogen-bond acceptors (Lipinski definition) is 2. The van der Waals surface area contributed by atoms with Crippen molar-refractivity contribution in [1.29, 1.82) is 0 Å². The quantitative estimate of drug-likeness (QED) is 0.864. The molecular formula is C16H17FN2O. The van der Waals surface area contributed by atoms with Crippen molar-refractivity contribution in [1.82, 2.24) is 9.88 Å². The molecule has 2 aromatic rings. The van der Waals surface area contributed by atoms with E-state index < -0.39 is 0 Å². The molecule has 104 valence electrons. The number of nitrogens with zero attached hydrogens (tertiary/aromatic N) is 1. The summed E-state index contributed by atoms with van der Waals surface area (Å²) < 4.78 is 22.1. The van der Waals surface area contributed by atoms with Crippen LogP contribution >= 0.6 is 0 Å². The lowest BCUT2D eigenvalue weighted by atomic mass is 9.83. The average Bonchev–Trinajstić information content (AvgIpc) is 3.05. The third-order valence-electron chi connectivity index (χ3n) is 4.45. The highest BCUT2D eigenvalue weighted by Gasteiger charge is 2.49. The minimum atomic E-state index is -0.250. The molecule has 1 spiro atoms. The normalized spacial score (nSPS) is 23.6. The zero-order valence-corrected chi connectivity index (χ0v) is 11.2. The van der Waals surface area contributed by atoms with Gasteiger partial charge in [-0.25, -0.2) is 4.39 Å². The first-order chi connectivity index (χ1) is 9.78. The minimum absolute atomic E-state index is 0.0605. The molecule has 1 fully saturated rings. The number of piperidine rings is 1. The van der Waals surface area contributed by atoms with Gasteiger partial charge in [-0.3, -0.25) is 0 Å². The van der Waals surface area contributed by atoms with Crippen molar-refractivity contribution in [3.8, 4) is 5.75 Å². The molecular weight excluding hydrogens is 255 g/mol. The molecule has 4 heteroatoms. The summed E-state index contributed by atoms with van der Waals surface area (Å²) in [6.45, 7) is 1.88. The Labute approximate surface area is 117 Å². The fourth-order valence-electron chi connectivity index (χ4n) is 3.56. The van der Waals surface area contributed by atoms with Crippen LogP contribution in [0.1, 0.15) is 24.4 Å². The molecule has 1 N–H and O–H groups in total. The van der Waals surface area contributed by atoms with E-state index in [1.807, 2.05) is 24.5 Å². The standard InChI is InChI=1S/C16H17FN2O/c17-12-3-4-14-13(11-12)15(19-9-1-2-10-19)16(20-14)5-7-18-8-6-16/h1-4,9-11,15,18H,5-8H2. The van der Waals surface area contributed by atoms with Crippen molar-refractivity contribution >= 4 is 0 Å². The van der Waals surface area contributed by atoms with Crippen molar-refractivity contribution in [2.24, 2.45) is 0 Å². The zero-order valence-electron chi connectivity index (χ0n) is 11.2. The Kier molecular flexibility index (Phi) is 2.60. The lowest BCUT2D eigenvalue weighted by molar-refractivity contribution is 0.0269. The van der Waals surface area contributed by atoms with Gasteiger partial charge in [0, 0.05) is 30.8 Å². The fraction of sp³-hybridized carbons (Fsp3) is 0.375. The number of halogens is 1. The smallest absolute Gasteiger partial charge is 0.136 e. The predicted molar refractivity (Wildman–Crippen MR) is 74.4 cm³/mol. The van der Waals surface area contributed by atoms with Crippen LogP contribution in [0.25, 0.3) is 0 Å². The molecule has 0 aliphatic carbocycles. The summed E-state index contributed by atoms with van der Waals surface area (Å²) >= 11 is 0. The molecule has 1 unspecified atom stereocenters. The van der Waals surface area contributed by atoms with Crippen molar-refractivity contribution in [2.45, 2.75) is 24.5 Å². The molecule has 3 heterocycles. The molecule has 0 bridgehead atoms. The summed E-state index contributed by atoms with van der Waals surface area (Å²) in [5.41, 5.74) is 0.712. The number of aromatic nitrogens is 1. The van der Waals surface area contributed by atoms with Crippen LogP contribution in [0.15, 0.2) is 42.7 Å². The van der Waals surface area contributed by atoms with E-state index >= 15 is 0 Å². The second-order valence-corrected chi connectivity index (χ2v) is 5.63. The molecule has 2 aliphatic heterocycles. The van der Waals surface area contributed by atoms with E-state index in [1.54, 1.807) is 12.1 Å². The van der Waals surface area contributed by atoms with Crippen molar-refractivity contribution in [2.75, 3.05) is 13.1 Å². The van der Waals surface area contributed by atoms with Crippen LogP contribution in [-0.4, -0.2) is 23.3 Å². The van der Waals surface area contributed by atoms with E-state index in [2.05, 4.69) is 9.88 Å². The van der Waals surface area contributed by atoms with Gasteiger partial charge in [0.2, 0.25) is 0 Å². The number of ether oxygens (including phenoxy) is 1. The van der Waals surface area contributed by atoms with Gasteiger partial charge in [0.05, 0.1) is 0 Å². The van der Waals surface area contributed by atoms with E-state index in [1.165, 1.54) is 6.07 Å². The summed E-state index contributed by atoms with van der Waals surface area (Å²) in [4.78, 5) is 0. The Morgan fingerprint density at radius 1 is 1.20 bits per heavy atom. The SMILES string of the molecule is Fc1ccc2c(c1)C(n1cccc1)C1(CCNCC1)O2. The van der Waals surface area contributed by atoms with Gasteiger partial charge < -0.3 is 14.6 Å². The predicted octanol–water partition coefficient (Wildman–Crippen LogP) is 2.73. The highest BCUT2D eigenvalue weighted by molar-refractivity contribution is 5.44. The van der Waals surface area contributed by atoms with Gasteiger partial charge in [0.25, 0.3) is 0 Å². The van der Waals surface area contributed by atoms with Gasteiger partial charge >= 0.3 is 0 Å². The van der Waals surface area contributed by atoms with E-state index in [0.29, 0.717) is 0 Å². The van der Waals surface area contributed by atoms with Crippen LogP contribution < -0.4 is 10.1 Å². The maximum atomic E-state index is 13.7. The largest absolute Gasteiger partial charge is 0.484 e. The van der Waals surface area contributed by atoms with Gasteiger partial charge in [0.15, 0.2) is 0 Å². The Bertz CT molecular complexity index is 617. The fourth-order valence-corrected chi connectivity index (χ4v) is 3.56. The number of fused-ring (bicyclic) bond motifs is 1. The first-order valence-electron chi connectivity index (χ1n) is 7.10. The Hall–Kier alpha value is -1.81. The Balaban J connectivity index is 1.86. The highest BCUT2D eigenvalue weighted by atomic mass is 19.1. The molecule has 2 aliphatic rings. The van der Waals surface area contributed by atoms with Gasteiger partial charge in [-0.15, -0.1) is 0 Å². The number of benzene rings is 1. The molecule has 1 saturated heterocycles. The number of rotatable bonds is 1. The third kappa shape index (κ3) is 1.68. The summed E-state index contributed by atoms with van der Waals surface area (Å²) in [6, 6.07) is 8.93. The van der Waals surface area contributed by atoms with Gasteiger partial charge in [-0.2, -0.15) is 0 Å². The number of nitrogens with one attached hydrogen (secondary N) is 1. The molecule has 1 aromatic heterocycles. The van der Waals surface area contributed by atoms with Crippen LogP contribution in [0.2, 0.25) is 0 Å². The Morgan fingerprint density at radius 3 is 2.70 bits per heavy atom. The van der Waals surface area contributed by atoms with E-state index in [4.69, 9.17) is 4.74 Å². The zero-order chi connectivity index (χ0) is 13.6. The van der Waals surface area contributed by atoms with Crippen LogP contribution in [0.3, 0.4) is 0 Å². The lowest BCUT2D eigenvalue weighted by Crippen LogP contribution is -2.49. The van der Waals surface area contributed by atoms with Crippen molar-refractivity contribution in [3.05, 3.63) is 54.1 Å². The average molecular weight is 272 g/mol.